The lowest BCUT2D eigenvalue weighted by atomic mass is 9.99. The number of benzene rings is 2. The van der Waals surface area contributed by atoms with Crippen LogP contribution in [0.15, 0.2) is 30.3 Å². The molecule has 0 aliphatic carbocycles. The fraction of sp³-hybridized carbons (Fsp3) is 0.133. The van der Waals surface area contributed by atoms with Gasteiger partial charge in [0.25, 0.3) is 0 Å². The van der Waals surface area contributed by atoms with Gasteiger partial charge in [-0.2, -0.15) is 0 Å². The summed E-state index contributed by atoms with van der Waals surface area (Å²) in [7, 11) is 0. The van der Waals surface area contributed by atoms with Crippen LogP contribution >= 0.6 is 34.8 Å². The first-order chi connectivity index (χ1) is 9.58. The highest BCUT2D eigenvalue weighted by Crippen LogP contribution is 2.36. The summed E-state index contributed by atoms with van der Waals surface area (Å²) >= 11 is 18.1. The lowest BCUT2D eigenvalue weighted by Gasteiger charge is -2.10. The molecule has 0 bridgehead atoms. The predicted octanol–water partition coefficient (Wildman–Crippen LogP) is 4.81. The van der Waals surface area contributed by atoms with Crippen LogP contribution in [-0.2, 0) is 6.42 Å². The number of fused-ring (bicyclic) bond motifs is 1. The van der Waals surface area contributed by atoms with Gasteiger partial charge in [-0.15, -0.1) is 0 Å². The van der Waals surface area contributed by atoms with Crippen molar-refractivity contribution in [1.29, 1.82) is 0 Å². The molecule has 0 amide bonds. The third-order valence-electron chi connectivity index (χ3n) is 3.19. The van der Waals surface area contributed by atoms with E-state index in [1.54, 1.807) is 24.3 Å². The van der Waals surface area contributed by atoms with E-state index in [4.69, 9.17) is 39.5 Å². The Morgan fingerprint density at radius 2 is 1.90 bits per heavy atom. The molecule has 2 aromatic rings. The van der Waals surface area contributed by atoms with Crippen molar-refractivity contribution in [2.45, 2.75) is 6.42 Å². The minimum atomic E-state index is -0.238. The Labute approximate surface area is 131 Å². The van der Waals surface area contributed by atoms with Gasteiger partial charge in [0, 0.05) is 17.0 Å². The Balaban J connectivity index is 2.14. The average molecular weight is 328 g/mol. The van der Waals surface area contributed by atoms with Gasteiger partial charge in [0.15, 0.2) is 5.78 Å². The number of carbonyl (C=O) groups excluding carboxylic acids is 1. The number of ketones is 1. The van der Waals surface area contributed by atoms with Crippen LogP contribution in [0.2, 0.25) is 15.1 Å². The van der Waals surface area contributed by atoms with E-state index in [0.717, 1.165) is 12.0 Å². The number of rotatable bonds is 2. The summed E-state index contributed by atoms with van der Waals surface area (Å²) in [5.41, 5.74) is 1.72. The van der Waals surface area contributed by atoms with Crippen LogP contribution in [0, 0.1) is 0 Å². The molecule has 1 heterocycles. The molecular weight excluding hydrogens is 319 g/mol. The van der Waals surface area contributed by atoms with Gasteiger partial charge in [0.2, 0.25) is 0 Å². The molecule has 0 spiro atoms. The van der Waals surface area contributed by atoms with Gasteiger partial charge in [-0.3, -0.25) is 4.79 Å². The minimum Gasteiger partial charge on any atom is -0.492 e. The Hall–Kier alpha value is -1.22. The standard InChI is InChI=1S/C15H9Cl3O2/c16-9-6-8-4-5-20-15(8)11(7-9)14(19)10-2-1-3-12(17)13(10)18/h1-3,6-7H,4-5H2. The summed E-state index contributed by atoms with van der Waals surface area (Å²) in [6.45, 7) is 0.555. The van der Waals surface area contributed by atoms with E-state index < -0.39 is 0 Å². The molecule has 0 unspecified atom stereocenters. The molecule has 1 aliphatic rings. The van der Waals surface area contributed by atoms with E-state index in [9.17, 15) is 4.79 Å². The van der Waals surface area contributed by atoms with Crippen LogP contribution in [0.5, 0.6) is 5.75 Å². The maximum atomic E-state index is 12.6. The second-order valence-corrected chi connectivity index (χ2v) is 5.69. The van der Waals surface area contributed by atoms with Gasteiger partial charge in [-0.25, -0.2) is 0 Å². The molecule has 0 saturated carbocycles. The average Bonchev–Trinajstić information content (AvgIpc) is 2.88. The summed E-state index contributed by atoms with van der Waals surface area (Å²) < 4.78 is 5.54. The highest BCUT2D eigenvalue weighted by atomic mass is 35.5. The first-order valence-electron chi connectivity index (χ1n) is 6.02. The van der Waals surface area contributed by atoms with Gasteiger partial charge >= 0.3 is 0 Å². The van der Waals surface area contributed by atoms with Crippen LogP contribution in [0.4, 0.5) is 0 Å². The normalized spacial score (nSPS) is 12.9. The number of ether oxygens (including phenoxy) is 1. The molecule has 0 atom stereocenters. The van der Waals surface area contributed by atoms with Crippen LogP contribution in [0.3, 0.4) is 0 Å². The zero-order chi connectivity index (χ0) is 14.3. The monoisotopic (exact) mass is 326 g/mol. The van der Waals surface area contributed by atoms with E-state index >= 15 is 0 Å². The summed E-state index contributed by atoms with van der Waals surface area (Å²) in [6, 6.07) is 8.39. The Morgan fingerprint density at radius 3 is 2.70 bits per heavy atom. The molecule has 0 radical (unpaired) electrons. The molecule has 0 N–H and O–H groups in total. The maximum absolute atomic E-state index is 12.6. The second-order valence-electron chi connectivity index (χ2n) is 4.47. The topological polar surface area (TPSA) is 26.3 Å². The number of carbonyl (C=O) groups is 1. The molecule has 1 aliphatic heterocycles. The molecule has 5 heteroatoms. The molecule has 20 heavy (non-hydrogen) atoms. The Kier molecular flexibility index (Phi) is 3.63. The van der Waals surface area contributed by atoms with E-state index in [0.29, 0.717) is 33.5 Å². The van der Waals surface area contributed by atoms with Crippen molar-refractivity contribution in [3.63, 3.8) is 0 Å². The van der Waals surface area contributed by atoms with Crippen LogP contribution < -0.4 is 4.74 Å². The number of hydrogen-bond acceptors (Lipinski definition) is 2. The Morgan fingerprint density at radius 1 is 1.10 bits per heavy atom. The first-order valence-corrected chi connectivity index (χ1v) is 7.15. The maximum Gasteiger partial charge on any atom is 0.198 e. The van der Waals surface area contributed by atoms with E-state index in [-0.39, 0.29) is 10.8 Å². The molecule has 2 aromatic carbocycles. The van der Waals surface area contributed by atoms with Crippen molar-refractivity contribution < 1.29 is 9.53 Å². The predicted molar refractivity (Wildman–Crippen MR) is 80.5 cm³/mol. The van der Waals surface area contributed by atoms with E-state index in [1.165, 1.54) is 0 Å². The summed E-state index contributed by atoms with van der Waals surface area (Å²) in [6.07, 6.45) is 0.749. The summed E-state index contributed by atoms with van der Waals surface area (Å²) in [5.74, 6) is 0.355. The van der Waals surface area contributed by atoms with Gasteiger partial charge < -0.3 is 4.74 Å². The van der Waals surface area contributed by atoms with Crippen molar-refractivity contribution >= 4 is 40.6 Å². The van der Waals surface area contributed by atoms with Gasteiger partial charge in [-0.05, 0) is 29.8 Å². The van der Waals surface area contributed by atoms with Crippen LogP contribution in [0.1, 0.15) is 21.5 Å². The Bertz CT molecular complexity index is 711. The van der Waals surface area contributed by atoms with Crippen molar-refractivity contribution in [3.05, 3.63) is 62.1 Å². The first kappa shape index (κ1) is 13.7. The van der Waals surface area contributed by atoms with E-state index in [1.807, 2.05) is 6.07 Å². The largest absolute Gasteiger partial charge is 0.492 e. The zero-order valence-electron chi connectivity index (χ0n) is 10.3. The molecule has 102 valence electrons. The highest BCUT2D eigenvalue weighted by molar-refractivity contribution is 6.44. The van der Waals surface area contributed by atoms with Gasteiger partial charge in [0.05, 0.1) is 22.2 Å². The van der Waals surface area contributed by atoms with Crippen LogP contribution in [-0.4, -0.2) is 12.4 Å². The molecule has 0 aromatic heterocycles. The van der Waals surface area contributed by atoms with Crippen molar-refractivity contribution in [3.8, 4) is 5.75 Å². The molecule has 0 saturated heterocycles. The fourth-order valence-corrected chi connectivity index (χ4v) is 2.89. The summed E-state index contributed by atoms with van der Waals surface area (Å²) in [4.78, 5) is 12.6. The van der Waals surface area contributed by atoms with Crippen molar-refractivity contribution in [2.24, 2.45) is 0 Å². The van der Waals surface area contributed by atoms with Crippen molar-refractivity contribution in [1.82, 2.24) is 0 Å². The van der Waals surface area contributed by atoms with E-state index in [2.05, 4.69) is 0 Å². The number of hydrogen-bond donors (Lipinski definition) is 0. The lowest BCUT2D eigenvalue weighted by Crippen LogP contribution is -2.05. The minimum absolute atomic E-state index is 0.238. The quantitative estimate of drug-likeness (QED) is 0.740. The molecular formula is C15H9Cl3O2. The van der Waals surface area contributed by atoms with Crippen molar-refractivity contribution in [2.75, 3.05) is 6.61 Å². The zero-order valence-corrected chi connectivity index (χ0v) is 12.5. The molecule has 0 fully saturated rings. The fourth-order valence-electron chi connectivity index (χ4n) is 2.26. The SMILES string of the molecule is O=C(c1cccc(Cl)c1Cl)c1cc(Cl)cc2c1OCC2. The number of halogens is 3. The van der Waals surface area contributed by atoms with Crippen LogP contribution in [0.25, 0.3) is 0 Å². The van der Waals surface area contributed by atoms with Gasteiger partial charge in [-0.1, -0.05) is 40.9 Å². The third-order valence-corrected chi connectivity index (χ3v) is 4.23. The molecule has 3 rings (SSSR count). The lowest BCUT2D eigenvalue weighted by molar-refractivity contribution is 0.103. The smallest absolute Gasteiger partial charge is 0.198 e. The van der Waals surface area contributed by atoms with Gasteiger partial charge in [0.1, 0.15) is 5.75 Å². The summed E-state index contributed by atoms with van der Waals surface area (Å²) in [5, 5.41) is 1.10. The highest BCUT2D eigenvalue weighted by Gasteiger charge is 2.24. The third kappa shape index (κ3) is 2.28. The molecule has 2 nitrogen and oxygen atoms in total. The second kappa shape index (κ2) is 5.28.